The average molecular weight is 181 g/mol. The maximum Gasteiger partial charge on any atom is 0.308 e. The summed E-state index contributed by atoms with van der Waals surface area (Å²) in [7, 11) is 0. The fourth-order valence-electron chi connectivity index (χ4n) is 1.86. The van der Waals surface area contributed by atoms with E-state index >= 15 is 0 Å². The Morgan fingerprint density at radius 2 is 2.46 bits per heavy atom. The van der Waals surface area contributed by atoms with Gasteiger partial charge in [-0.3, -0.25) is 9.69 Å². The molecule has 72 valence electrons. The van der Waals surface area contributed by atoms with Gasteiger partial charge in [-0.15, -0.1) is 12.3 Å². The molecule has 1 fully saturated rings. The van der Waals surface area contributed by atoms with Gasteiger partial charge in [0.25, 0.3) is 0 Å². The summed E-state index contributed by atoms with van der Waals surface area (Å²) in [5.41, 5.74) is 0. The van der Waals surface area contributed by atoms with Crippen LogP contribution in [-0.2, 0) is 4.79 Å². The number of rotatable bonds is 3. The first-order valence-electron chi connectivity index (χ1n) is 4.57. The summed E-state index contributed by atoms with van der Waals surface area (Å²) in [5.74, 6) is 1.68. The Hall–Kier alpha value is -1.01. The number of likely N-dealkylation sites (tertiary alicyclic amines) is 1. The van der Waals surface area contributed by atoms with Crippen molar-refractivity contribution in [2.45, 2.75) is 25.8 Å². The van der Waals surface area contributed by atoms with E-state index in [1.807, 2.05) is 6.92 Å². The number of hydrogen-bond donors (Lipinski definition) is 1. The van der Waals surface area contributed by atoms with Crippen LogP contribution in [0.1, 0.15) is 19.8 Å². The SMILES string of the molecule is C#CCCN1CCC(C(=O)O)C1C. The summed E-state index contributed by atoms with van der Waals surface area (Å²) in [6.07, 6.45) is 6.61. The molecule has 0 amide bonds. The van der Waals surface area contributed by atoms with Gasteiger partial charge in [0.05, 0.1) is 5.92 Å². The molecule has 2 atom stereocenters. The second kappa shape index (κ2) is 4.29. The second-order valence-electron chi connectivity index (χ2n) is 3.46. The lowest BCUT2D eigenvalue weighted by Crippen LogP contribution is -2.33. The van der Waals surface area contributed by atoms with E-state index in [2.05, 4.69) is 10.8 Å². The van der Waals surface area contributed by atoms with Gasteiger partial charge in [0.2, 0.25) is 0 Å². The van der Waals surface area contributed by atoms with E-state index in [0.717, 1.165) is 19.5 Å². The maximum atomic E-state index is 10.8. The average Bonchev–Trinajstić information content (AvgIpc) is 2.43. The smallest absolute Gasteiger partial charge is 0.308 e. The molecule has 1 aliphatic rings. The lowest BCUT2D eigenvalue weighted by molar-refractivity contribution is -0.142. The highest BCUT2D eigenvalue weighted by atomic mass is 16.4. The third kappa shape index (κ3) is 2.22. The van der Waals surface area contributed by atoms with Gasteiger partial charge in [0.1, 0.15) is 0 Å². The lowest BCUT2D eigenvalue weighted by Gasteiger charge is -2.21. The Labute approximate surface area is 78.7 Å². The summed E-state index contributed by atoms with van der Waals surface area (Å²) in [4.78, 5) is 12.9. The molecule has 1 N–H and O–H groups in total. The molecule has 1 saturated heterocycles. The highest BCUT2D eigenvalue weighted by Gasteiger charge is 2.34. The summed E-state index contributed by atoms with van der Waals surface area (Å²) in [5, 5.41) is 8.86. The van der Waals surface area contributed by atoms with Crippen molar-refractivity contribution >= 4 is 5.97 Å². The molecule has 0 radical (unpaired) electrons. The van der Waals surface area contributed by atoms with Crippen molar-refractivity contribution < 1.29 is 9.90 Å². The molecular formula is C10H15NO2. The van der Waals surface area contributed by atoms with Crippen LogP contribution in [0.15, 0.2) is 0 Å². The van der Waals surface area contributed by atoms with Crippen LogP contribution in [-0.4, -0.2) is 35.1 Å². The van der Waals surface area contributed by atoms with Crippen molar-refractivity contribution in [3.05, 3.63) is 0 Å². The fraction of sp³-hybridized carbons (Fsp3) is 0.700. The molecule has 0 spiro atoms. The Balaban J connectivity index is 2.46. The summed E-state index contributed by atoms with van der Waals surface area (Å²) < 4.78 is 0. The van der Waals surface area contributed by atoms with Crippen LogP contribution in [0.5, 0.6) is 0 Å². The predicted octanol–water partition coefficient (Wildman–Crippen LogP) is 0.805. The van der Waals surface area contributed by atoms with Crippen LogP contribution in [0.4, 0.5) is 0 Å². The monoisotopic (exact) mass is 181 g/mol. The second-order valence-corrected chi connectivity index (χ2v) is 3.46. The molecule has 0 aromatic heterocycles. The molecule has 0 aromatic carbocycles. The van der Waals surface area contributed by atoms with Crippen molar-refractivity contribution in [3.63, 3.8) is 0 Å². The molecule has 3 nitrogen and oxygen atoms in total. The van der Waals surface area contributed by atoms with E-state index in [9.17, 15) is 4.79 Å². The minimum Gasteiger partial charge on any atom is -0.481 e. The Bertz CT molecular complexity index is 232. The first kappa shape index (κ1) is 10.1. The zero-order valence-corrected chi connectivity index (χ0v) is 7.86. The maximum absolute atomic E-state index is 10.8. The number of carbonyl (C=O) groups is 1. The number of nitrogens with zero attached hydrogens (tertiary/aromatic N) is 1. The van der Waals surface area contributed by atoms with Crippen LogP contribution < -0.4 is 0 Å². The van der Waals surface area contributed by atoms with Crippen molar-refractivity contribution in [1.82, 2.24) is 4.90 Å². The minimum atomic E-state index is -0.685. The third-order valence-corrected chi connectivity index (χ3v) is 2.75. The molecule has 3 heteroatoms. The number of terminal acetylenes is 1. The zero-order valence-electron chi connectivity index (χ0n) is 7.86. The number of aliphatic carboxylic acids is 1. The molecule has 0 saturated carbocycles. The van der Waals surface area contributed by atoms with E-state index in [4.69, 9.17) is 11.5 Å². The van der Waals surface area contributed by atoms with E-state index in [0.29, 0.717) is 6.42 Å². The van der Waals surface area contributed by atoms with Crippen molar-refractivity contribution in [1.29, 1.82) is 0 Å². The van der Waals surface area contributed by atoms with Gasteiger partial charge in [-0.05, 0) is 19.9 Å². The first-order valence-corrected chi connectivity index (χ1v) is 4.57. The Morgan fingerprint density at radius 1 is 1.77 bits per heavy atom. The van der Waals surface area contributed by atoms with Gasteiger partial charge >= 0.3 is 5.97 Å². The van der Waals surface area contributed by atoms with Crippen molar-refractivity contribution in [2.24, 2.45) is 5.92 Å². The van der Waals surface area contributed by atoms with Crippen LogP contribution in [0, 0.1) is 18.3 Å². The van der Waals surface area contributed by atoms with Crippen LogP contribution in [0.2, 0.25) is 0 Å². The minimum absolute atomic E-state index is 0.130. The fourth-order valence-corrected chi connectivity index (χ4v) is 1.86. The molecule has 1 heterocycles. The zero-order chi connectivity index (χ0) is 9.84. The van der Waals surface area contributed by atoms with Crippen LogP contribution in [0.3, 0.4) is 0 Å². The highest BCUT2D eigenvalue weighted by molar-refractivity contribution is 5.71. The summed E-state index contributed by atoms with van der Waals surface area (Å²) in [6, 6.07) is 0.130. The predicted molar refractivity (Wildman–Crippen MR) is 50.2 cm³/mol. The summed E-state index contributed by atoms with van der Waals surface area (Å²) >= 11 is 0. The molecular weight excluding hydrogens is 166 g/mol. The molecule has 0 bridgehead atoms. The van der Waals surface area contributed by atoms with Gasteiger partial charge in [0.15, 0.2) is 0 Å². The highest BCUT2D eigenvalue weighted by Crippen LogP contribution is 2.23. The molecule has 0 aliphatic carbocycles. The topological polar surface area (TPSA) is 40.5 Å². The van der Waals surface area contributed by atoms with Gasteiger partial charge in [0, 0.05) is 19.0 Å². The normalized spacial score (nSPS) is 28.6. The number of carboxylic acid groups (broad SMARTS) is 1. The van der Waals surface area contributed by atoms with Crippen LogP contribution in [0.25, 0.3) is 0 Å². The first-order chi connectivity index (χ1) is 6.16. The van der Waals surface area contributed by atoms with Gasteiger partial charge < -0.3 is 5.11 Å². The largest absolute Gasteiger partial charge is 0.481 e. The van der Waals surface area contributed by atoms with E-state index < -0.39 is 5.97 Å². The van der Waals surface area contributed by atoms with E-state index in [1.165, 1.54) is 0 Å². The Kier molecular flexibility index (Phi) is 3.32. The number of carboxylic acids is 1. The molecule has 0 aromatic rings. The van der Waals surface area contributed by atoms with Crippen LogP contribution >= 0.6 is 0 Å². The summed E-state index contributed by atoms with van der Waals surface area (Å²) in [6.45, 7) is 3.64. The molecule has 1 aliphatic heterocycles. The van der Waals surface area contributed by atoms with Gasteiger partial charge in [-0.1, -0.05) is 0 Å². The Morgan fingerprint density at radius 3 is 2.92 bits per heavy atom. The van der Waals surface area contributed by atoms with E-state index in [1.54, 1.807) is 0 Å². The molecule has 1 rings (SSSR count). The van der Waals surface area contributed by atoms with Crippen molar-refractivity contribution in [3.8, 4) is 12.3 Å². The standard InChI is InChI=1S/C10H15NO2/c1-3-4-6-11-7-5-9(8(11)2)10(12)13/h1,8-9H,4-7H2,2H3,(H,12,13). The lowest BCUT2D eigenvalue weighted by atomic mass is 10.0. The number of hydrogen-bond acceptors (Lipinski definition) is 2. The molecule has 2 unspecified atom stereocenters. The van der Waals surface area contributed by atoms with Gasteiger partial charge in [-0.2, -0.15) is 0 Å². The third-order valence-electron chi connectivity index (χ3n) is 2.75. The van der Waals surface area contributed by atoms with Gasteiger partial charge in [-0.25, -0.2) is 0 Å². The quantitative estimate of drug-likeness (QED) is 0.655. The van der Waals surface area contributed by atoms with E-state index in [-0.39, 0.29) is 12.0 Å². The van der Waals surface area contributed by atoms with Crippen molar-refractivity contribution in [2.75, 3.05) is 13.1 Å². The molecule has 13 heavy (non-hydrogen) atoms.